The molecule has 1 aromatic rings. The zero-order chi connectivity index (χ0) is 11.5. The maximum Gasteiger partial charge on any atom is 0.573 e. The third-order valence-corrected chi connectivity index (χ3v) is 2.05. The van der Waals surface area contributed by atoms with E-state index >= 15 is 0 Å². The van der Waals surface area contributed by atoms with Crippen LogP contribution in [0.15, 0.2) is 27.7 Å². The molecule has 0 aliphatic rings. The molecule has 0 aliphatic carbocycles. The zero-order valence-corrected chi connectivity index (χ0v) is 9.41. The van der Waals surface area contributed by atoms with Crippen LogP contribution in [0.4, 0.5) is 18.9 Å². The molecule has 0 heterocycles. The highest BCUT2D eigenvalue weighted by molar-refractivity contribution is 9.10. The Hall–Kier alpha value is -0.910. The molecule has 0 saturated carbocycles. The Kier molecular flexibility index (Phi) is 3.84. The number of benzene rings is 1. The van der Waals surface area contributed by atoms with Crippen LogP contribution in [0.3, 0.4) is 0 Å². The lowest BCUT2D eigenvalue weighted by Gasteiger charge is -2.09. The van der Waals surface area contributed by atoms with E-state index in [9.17, 15) is 13.2 Å². The average molecular weight is 298 g/mol. The Labute approximate surface area is 96.9 Å². The third kappa shape index (κ3) is 3.99. The summed E-state index contributed by atoms with van der Waals surface area (Å²) in [5.41, 5.74) is 0.388. The SMILES string of the molecule is FC(F)(F)Oc1ccc(N=C=S)c(Br)c1. The first kappa shape index (κ1) is 12.2. The van der Waals surface area contributed by atoms with Crippen molar-refractivity contribution in [2.45, 2.75) is 6.36 Å². The Morgan fingerprint density at radius 2 is 2.07 bits per heavy atom. The number of ether oxygens (including phenoxy) is 1. The lowest BCUT2D eigenvalue weighted by molar-refractivity contribution is -0.274. The van der Waals surface area contributed by atoms with Gasteiger partial charge in [-0.2, -0.15) is 4.99 Å². The highest BCUT2D eigenvalue weighted by Crippen LogP contribution is 2.31. The van der Waals surface area contributed by atoms with Crippen molar-refractivity contribution < 1.29 is 17.9 Å². The fraction of sp³-hybridized carbons (Fsp3) is 0.125. The molecule has 80 valence electrons. The van der Waals surface area contributed by atoms with Gasteiger partial charge in [0.1, 0.15) is 5.75 Å². The summed E-state index contributed by atoms with van der Waals surface area (Å²) in [5.74, 6) is -0.322. The summed E-state index contributed by atoms with van der Waals surface area (Å²) in [5, 5.41) is 2.11. The Morgan fingerprint density at radius 3 is 2.53 bits per heavy atom. The van der Waals surface area contributed by atoms with Crippen LogP contribution in [-0.4, -0.2) is 11.5 Å². The molecule has 0 N–H and O–H groups in total. The highest BCUT2D eigenvalue weighted by Gasteiger charge is 2.31. The fourth-order valence-corrected chi connectivity index (χ4v) is 1.37. The van der Waals surface area contributed by atoms with Crippen molar-refractivity contribution in [2.75, 3.05) is 0 Å². The van der Waals surface area contributed by atoms with E-state index in [-0.39, 0.29) is 5.75 Å². The minimum Gasteiger partial charge on any atom is -0.406 e. The average Bonchev–Trinajstić information content (AvgIpc) is 2.07. The molecule has 0 radical (unpaired) electrons. The quantitative estimate of drug-likeness (QED) is 0.606. The highest BCUT2D eigenvalue weighted by atomic mass is 79.9. The summed E-state index contributed by atoms with van der Waals surface area (Å²) in [7, 11) is 0. The smallest absolute Gasteiger partial charge is 0.406 e. The summed E-state index contributed by atoms with van der Waals surface area (Å²) in [6.45, 7) is 0. The van der Waals surface area contributed by atoms with Crippen LogP contribution in [0, 0.1) is 0 Å². The number of hydrogen-bond donors (Lipinski definition) is 0. The number of nitrogens with zero attached hydrogens (tertiary/aromatic N) is 1. The lowest BCUT2D eigenvalue weighted by Crippen LogP contribution is -2.16. The fourth-order valence-electron chi connectivity index (χ4n) is 0.825. The maximum atomic E-state index is 11.8. The first-order chi connectivity index (χ1) is 6.92. The molecule has 0 fully saturated rings. The van der Waals surface area contributed by atoms with Crippen molar-refractivity contribution in [1.29, 1.82) is 0 Å². The van der Waals surface area contributed by atoms with E-state index in [0.717, 1.165) is 12.1 Å². The summed E-state index contributed by atoms with van der Waals surface area (Å²) in [6, 6.07) is 3.63. The summed E-state index contributed by atoms with van der Waals surface area (Å²) < 4.78 is 39.5. The molecule has 0 unspecified atom stereocenters. The van der Waals surface area contributed by atoms with Gasteiger partial charge in [-0.25, -0.2) is 0 Å². The van der Waals surface area contributed by atoms with E-state index in [2.05, 4.69) is 43.0 Å². The van der Waals surface area contributed by atoms with Gasteiger partial charge >= 0.3 is 6.36 Å². The van der Waals surface area contributed by atoms with Crippen LogP contribution < -0.4 is 4.74 Å². The van der Waals surface area contributed by atoms with Crippen molar-refractivity contribution in [2.24, 2.45) is 4.99 Å². The van der Waals surface area contributed by atoms with E-state index in [1.54, 1.807) is 0 Å². The van der Waals surface area contributed by atoms with E-state index in [0.29, 0.717) is 10.2 Å². The predicted octanol–water partition coefficient (Wildman–Crippen LogP) is 4.08. The second-order valence-electron chi connectivity index (χ2n) is 2.36. The van der Waals surface area contributed by atoms with Crippen LogP contribution in [0.25, 0.3) is 0 Å². The first-order valence-corrected chi connectivity index (χ1v) is 4.75. The first-order valence-electron chi connectivity index (χ1n) is 3.55. The standard InChI is InChI=1S/C8H3BrF3NOS/c9-6-3-5(14-8(10,11)12)1-2-7(6)13-4-15/h1-3H. The molecular weight excluding hydrogens is 295 g/mol. The molecule has 0 bridgehead atoms. The van der Waals surface area contributed by atoms with Gasteiger partial charge in [-0.05, 0) is 46.3 Å². The molecule has 0 aliphatic heterocycles. The largest absolute Gasteiger partial charge is 0.573 e. The van der Waals surface area contributed by atoms with E-state index in [4.69, 9.17) is 0 Å². The van der Waals surface area contributed by atoms with Gasteiger partial charge in [-0.1, -0.05) is 0 Å². The molecule has 7 heteroatoms. The number of halogens is 4. The van der Waals surface area contributed by atoms with Crippen LogP contribution >= 0.6 is 28.1 Å². The summed E-state index contributed by atoms with van der Waals surface area (Å²) >= 11 is 7.39. The number of thiocarbonyl (C=S) groups is 1. The normalized spacial score (nSPS) is 10.7. The maximum absolute atomic E-state index is 11.8. The Bertz CT molecular complexity index is 415. The molecule has 0 saturated heterocycles. The molecule has 15 heavy (non-hydrogen) atoms. The molecule has 2 nitrogen and oxygen atoms in total. The van der Waals surface area contributed by atoms with Crippen molar-refractivity contribution in [1.82, 2.24) is 0 Å². The second kappa shape index (κ2) is 4.74. The van der Waals surface area contributed by atoms with Gasteiger partial charge in [0, 0.05) is 4.47 Å². The van der Waals surface area contributed by atoms with Gasteiger partial charge in [0.25, 0.3) is 0 Å². The topological polar surface area (TPSA) is 21.6 Å². The molecule has 0 atom stereocenters. The van der Waals surface area contributed by atoms with Crippen molar-refractivity contribution >= 4 is 39.0 Å². The monoisotopic (exact) mass is 297 g/mol. The van der Waals surface area contributed by atoms with E-state index in [1.807, 2.05) is 0 Å². The van der Waals surface area contributed by atoms with Crippen LogP contribution in [0.5, 0.6) is 5.75 Å². The second-order valence-corrected chi connectivity index (χ2v) is 3.40. The molecule has 0 aromatic heterocycles. The minimum atomic E-state index is -4.70. The van der Waals surface area contributed by atoms with Gasteiger partial charge in [0.05, 0.1) is 10.8 Å². The predicted molar refractivity (Wildman–Crippen MR) is 55.5 cm³/mol. The molecular formula is C8H3BrF3NOS. The lowest BCUT2D eigenvalue weighted by atomic mass is 10.3. The van der Waals surface area contributed by atoms with Gasteiger partial charge in [-0.15, -0.1) is 13.2 Å². The van der Waals surface area contributed by atoms with Crippen LogP contribution in [0.2, 0.25) is 0 Å². The molecule has 1 rings (SSSR count). The van der Waals surface area contributed by atoms with Crippen molar-refractivity contribution in [3.63, 3.8) is 0 Å². The van der Waals surface area contributed by atoms with Gasteiger partial charge in [0.15, 0.2) is 0 Å². The summed E-state index contributed by atoms with van der Waals surface area (Å²) in [4.78, 5) is 3.62. The van der Waals surface area contributed by atoms with Gasteiger partial charge in [0.2, 0.25) is 0 Å². The third-order valence-electron chi connectivity index (χ3n) is 1.32. The number of hydrogen-bond acceptors (Lipinski definition) is 3. The summed E-state index contributed by atoms with van der Waals surface area (Å²) in [6.07, 6.45) is -4.70. The number of rotatable bonds is 2. The molecule has 1 aromatic carbocycles. The van der Waals surface area contributed by atoms with Crippen LogP contribution in [0.1, 0.15) is 0 Å². The molecule has 0 spiro atoms. The van der Waals surface area contributed by atoms with Crippen molar-refractivity contribution in [3.8, 4) is 5.75 Å². The number of alkyl halides is 3. The minimum absolute atomic E-state index is 0.322. The number of aliphatic imine (C=N–C) groups is 1. The number of isothiocyanates is 1. The van der Waals surface area contributed by atoms with Crippen molar-refractivity contribution in [3.05, 3.63) is 22.7 Å². The Morgan fingerprint density at radius 1 is 1.40 bits per heavy atom. The van der Waals surface area contributed by atoms with Gasteiger partial charge in [-0.3, -0.25) is 0 Å². The Balaban J connectivity index is 2.96. The zero-order valence-electron chi connectivity index (χ0n) is 7.01. The van der Waals surface area contributed by atoms with Crippen LogP contribution in [-0.2, 0) is 0 Å². The molecule has 0 amide bonds. The van der Waals surface area contributed by atoms with E-state index in [1.165, 1.54) is 6.07 Å². The van der Waals surface area contributed by atoms with E-state index < -0.39 is 6.36 Å². The van der Waals surface area contributed by atoms with Gasteiger partial charge < -0.3 is 4.74 Å².